The lowest BCUT2D eigenvalue weighted by Gasteiger charge is -2.26. The Morgan fingerprint density at radius 3 is 2.29 bits per heavy atom. The van der Waals surface area contributed by atoms with Crippen LogP contribution in [0, 0.1) is 10.1 Å². The molecular weight excluding hydrogens is 294 g/mol. The number of rotatable bonds is 6. The van der Waals surface area contributed by atoms with Gasteiger partial charge in [-0.1, -0.05) is 41.7 Å². The number of carbonyl (C=O) groups is 1. The number of halogens is 3. The summed E-state index contributed by atoms with van der Waals surface area (Å²) < 4.78 is 2.61. The summed E-state index contributed by atoms with van der Waals surface area (Å²) in [7, 11) is 0. The van der Waals surface area contributed by atoms with E-state index in [1.165, 1.54) is 6.92 Å². The molecule has 9 heteroatoms. The van der Waals surface area contributed by atoms with Crippen molar-refractivity contribution in [3.63, 3.8) is 0 Å². The predicted molar refractivity (Wildman–Crippen MR) is 65.2 cm³/mol. The largest absolute Gasteiger partial charge is 0.461 e. The number of nitro groups is 1. The van der Waals surface area contributed by atoms with Crippen LogP contribution in [0.4, 0.5) is 0 Å². The Bertz CT molecular complexity index is 282. The van der Waals surface area contributed by atoms with Crippen molar-refractivity contribution < 1.29 is 14.5 Å². The van der Waals surface area contributed by atoms with Gasteiger partial charge in [-0.15, -0.1) is 0 Å². The lowest BCUT2D eigenvalue weighted by molar-refractivity contribution is -0.514. The third kappa shape index (κ3) is 5.25. The molecule has 0 saturated heterocycles. The highest BCUT2D eigenvalue weighted by molar-refractivity contribution is 6.68. The monoisotopic (exact) mass is 306 g/mol. The standard InChI is InChI=1S/C8H13Cl3N2O4/c1-3-12-6(8(9,10)11)5(13(15)16)7(14)17-4-2/h5-6,12H,3-4H2,1-2H3. The van der Waals surface area contributed by atoms with Gasteiger partial charge in [0.2, 0.25) is 3.79 Å². The van der Waals surface area contributed by atoms with Gasteiger partial charge >= 0.3 is 12.0 Å². The second-order valence-electron chi connectivity index (χ2n) is 3.06. The lowest BCUT2D eigenvalue weighted by atomic mass is 10.1. The Balaban J connectivity index is 5.10. The van der Waals surface area contributed by atoms with E-state index < -0.39 is 26.8 Å². The lowest BCUT2D eigenvalue weighted by Crippen LogP contribution is -2.56. The quantitative estimate of drug-likeness (QED) is 0.348. The molecule has 0 spiro atoms. The van der Waals surface area contributed by atoms with Crippen LogP contribution < -0.4 is 5.32 Å². The van der Waals surface area contributed by atoms with Crippen molar-refractivity contribution in [1.29, 1.82) is 0 Å². The SMILES string of the molecule is CCNC(C(C(=O)OCC)[N+](=O)[O-])C(Cl)(Cl)Cl. The van der Waals surface area contributed by atoms with E-state index in [-0.39, 0.29) is 6.61 Å². The Kier molecular flexibility index (Phi) is 7.08. The average Bonchev–Trinajstić information content (AvgIpc) is 2.15. The Morgan fingerprint density at radius 2 is 2.00 bits per heavy atom. The van der Waals surface area contributed by atoms with Crippen LogP contribution in [-0.4, -0.2) is 39.9 Å². The zero-order valence-electron chi connectivity index (χ0n) is 9.28. The fourth-order valence-corrected chi connectivity index (χ4v) is 1.79. The van der Waals surface area contributed by atoms with Crippen molar-refractivity contribution in [3.05, 3.63) is 10.1 Å². The highest BCUT2D eigenvalue weighted by Crippen LogP contribution is 2.33. The zero-order chi connectivity index (χ0) is 13.6. The van der Waals surface area contributed by atoms with Crippen molar-refractivity contribution >= 4 is 40.8 Å². The molecule has 0 aromatic carbocycles. The number of nitrogens with zero attached hydrogens (tertiary/aromatic N) is 1. The predicted octanol–water partition coefficient (Wildman–Crippen LogP) is 1.54. The first-order valence-corrected chi connectivity index (χ1v) is 5.99. The summed E-state index contributed by atoms with van der Waals surface area (Å²) in [4.78, 5) is 21.5. The maximum absolute atomic E-state index is 11.5. The number of ether oxygens (including phenoxy) is 1. The van der Waals surface area contributed by atoms with Gasteiger partial charge in [-0.05, 0) is 13.5 Å². The highest BCUT2D eigenvalue weighted by Gasteiger charge is 2.50. The van der Waals surface area contributed by atoms with Crippen LogP contribution in [0.5, 0.6) is 0 Å². The minimum atomic E-state index is -1.99. The molecule has 0 fully saturated rings. The van der Waals surface area contributed by atoms with E-state index in [9.17, 15) is 14.9 Å². The van der Waals surface area contributed by atoms with Gasteiger partial charge < -0.3 is 10.1 Å². The number of nitrogens with one attached hydrogen (secondary N) is 1. The maximum Gasteiger partial charge on any atom is 0.383 e. The van der Waals surface area contributed by atoms with E-state index in [2.05, 4.69) is 10.1 Å². The molecule has 2 unspecified atom stereocenters. The van der Waals surface area contributed by atoms with E-state index in [1.54, 1.807) is 6.92 Å². The van der Waals surface area contributed by atoms with Crippen LogP contribution in [0.2, 0.25) is 0 Å². The smallest absolute Gasteiger partial charge is 0.383 e. The van der Waals surface area contributed by atoms with Crippen LogP contribution in [-0.2, 0) is 9.53 Å². The molecule has 1 N–H and O–H groups in total. The van der Waals surface area contributed by atoms with Crippen LogP contribution in [0.15, 0.2) is 0 Å². The van der Waals surface area contributed by atoms with Gasteiger partial charge in [0.05, 0.1) is 6.61 Å². The first kappa shape index (κ1) is 16.7. The van der Waals surface area contributed by atoms with Crippen molar-refractivity contribution in [3.8, 4) is 0 Å². The van der Waals surface area contributed by atoms with Gasteiger partial charge in [-0.25, -0.2) is 4.79 Å². The highest BCUT2D eigenvalue weighted by atomic mass is 35.6. The Hall–Kier alpha value is -0.300. The molecule has 0 heterocycles. The number of hydrogen-bond donors (Lipinski definition) is 1. The summed E-state index contributed by atoms with van der Waals surface area (Å²) >= 11 is 16.9. The molecule has 2 atom stereocenters. The van der Waals surface area contributed by atoms with Crippen LogP contribution in [0.1, 0.15) is 13.8 Å². The molecule has 6 nitrogen and oxygen atoms in total. The molecule has 0 saturated carbocycles. The fourth-order valence-electron chi connectivity index (χ4n) is 1.20. The molecule has 0 radical (unpaired) electrons. The molecule has 0 bridgehead atoms. The number of likely N-dealkylation sites (N-methyl/N-ethyl adjacent to an activating group) is 1. The molecule has 0 rings (SSSR count). The van der Waals surface area contributed by atoms with E-state index in [0.29, 0.717) is 6.54 Å². The normalized spacial score (nSPS) is 15.1. The first-order chi connectivity index (χ1) is 7.75. The summed E-state index contributed by atoms with van der Waals surface area (Å²) in [6, 6.07) is -3.02. The topological polar surface area (TPSA) is 81.5 Å². The van der Waals surface area contributed by atoms with Crippen LogP contribution in [0.25, 0.3) is 0 Å². The number of hydrogen-bond acceptors (Lipinski definition) is 5. The van der Waals surface area contributed by atoms with Crippen molar-refractivity contribution in [2.45, 2.75) is 29.7 Å². The van der Waals surface area contributed by atoms with Gasteiger partial charge in [-0.2, -0.15) is 0 Å². The third-order valence-electron chi connectivity index (χ3n) is 1.85. The molecule has 0 aliphatic heterocycles. The maximum atomic E-state index is 11.5. The second kappa shape index (κ2) is 7.20. The molecule has 0 aliphatic rings. The van der Waals surface area contributed by atoms with Crippen LogP contribution >= 0.6 is 34.8 Å². The molecule has 100 valence electrons. The van der Waals surface area contributed by atoms with E-state index in [1.807, 2.05) is 0 Å². The van der Waals surface area contributed by atoms with E-state index in [4.69, 9.17) is 34.8 Å². The molecule has 0 aromatic heterocycles. The number of carbonyl (C=O) groups excluding carboxylic acids is 1. The van der Waals surface area contributed by atoms with Crippen molar-refractivity contribution in [2.75, 3.05) is 13.2 Å². The van der Waals surface area contributed by atoms with Gasteiger partial charge in [0.15, 0.2) is 0 Å². The van der Waals surface area contributed by atoms with E-state index >= 15 is 0 Å². The summed E-state index contributed by atoms with van der Waals surface area (Å²) in [6.07, 6.45) is 0. The van der Waals surface area contributed by atoms with Gasteiger partial charge in [0, 0.05) is 4.92 Å². The molecule has 0 amide bonds. The average molecular weight is 308 g/mol. The minimum absolute atomic E-state index is 0.0157. The fraction of sp³-hybridized carbons (Fsp3) is 0.875. The van der Waals surface area contributed by atoms with Gasteiger partial charge in [0.25, 0.3) is 0 Å². The van der Waals surface area contributed by atoms with Gasteiger partial charge in [-0.3, -0.25) is 10.1 Å². The molecule has 17 heavy (non-hydrogen) atoms. The number of alkyl halides is 3. The summed E-state index contributed by atoms with van der Waals surface area (Å²) in [6.45, 7) is 3.53. The third-order valence-corrected chi connectivity index (χ3v) is 2.55. The summed E-state index contributed by atoms with van der Waals surface area (Å²) in [5, 5.41) is 13.5. The van der Waals surface area contributed by atoms with Gasteiger partial charge in [0.1, 0.15) is 6.04 Å². The number of esters is 1. The van der Waals surface area contributed by atoms with E-state index in [0.717, 1.165) is 0 Å². The van der Waals surface area contributed by atoms with Crippen molar-refractivity contribution in [2.24, 2.45) is 0 Å². The molecular formula is C8H13Cl3N2O4. The van der Waals surface area contributed by atoms with Crippen LogP contribution in [0.3, 0.4) is 0 Å². The molecule has 0 aromatic rings. The zero-order valence-corrected chi connectivity index (χ0v) is 11.6. The summed E-state index contributed by atoms with van der Waals surface area (Å²) in [5.41, 5.74) is 0. The first-order valence-electron chi connectivity index (χ1n) is 4.85. The Morgan fingerprint density at radius 1 is 1.47 bits per heavy atom. The minimum Gasteiger partial charge on any atom is -0.461 e. The van der Waals surface area contributed by atoms with Crippen molar-refractivity contribution in [1.82, 2.24) is 5.32 Å². The summed E-state index contributed by atoms with van der Waals surface area (Å²) in [5.74, 6) is -1.03. The Labute approximate surface area is 114 Å². The molecule has 0 aliphatic carbocycles. The second-order valence-corrected chi connectivity index (χ2v) is 5.43.